The largest absolute Gasteiger partial charge is 0.321 e. The van der Waals surface area contributed by atoms with Gasteiger partial charge in [-0.15, -0.1) is 23.1 Å². The van der Waals surface area contributed by atoms with Gasteiger partial charge in [-0.05, 0) is 49.4 Å². The molecule has 1 heterocycles. The Bertz CT molecular complexity index is 590. The summed E-state index contributed by atoms with van der Waals surface area (Å²) in [6.07, 6.45) is 3.00. The van der Waals surface area contributed by atoms with Crippen molar-refractivity contribution in [2.24, 2.45) is 0 Å². The third kappa shape index (κ3) is 3.39. The van der Waals surface area contributed by atoms with Crippen LogP contribution in [0.15, 0.2) is 35.2 Å². The number of aryl methyl sites for hydroxylation is 2. The number of nitrogens with one attached hydrogen (secondary N) is 1. The average molecular weight is 291 g/mol. The molecule has 2 aromatic rings. The van der Waals surface area contributed by atoms with Crippen LogP contribution in [0.5, 0.6) is 0 Å². The van der Waals surface area contributed by atoms with Crippen molar-refractivity contribution in [1.29, 1.82) is 0 Å². The average Bonchev–Trinajstić information content (AvgIpc) is 2.80. The Morgan fingerprint density at radius 3 is 2.79 bits per heavy atom. The summed E-state index contributed by atoms with van der Waals surface area (Å²) in [4.78, 5) is 15.4. The summed E-state index contributed by atoms with van der Waals surface area (Å²) in [7, 11) is 0. The number of hydrogen-bond donors (Lipinski definition) is 1. The van der Waals surface area contributed by atoms with E-state index in [1.165, 1.54) is 10.4 Å². The van der Waals surface area contributed by atoms with E-state index in [0.717, 1.165) is 21.9 Å². The minimum absolute atomic E-state index is 0.0222. The molecule has 4 heteroatoms. The number of benzene rings is 1. The molecule has 0 aliphatic heterocycles. The highest BCUT2D eigenvalue weighted by molar-refractivity contribution is 7.98. The van der Waals surface area contributed by atoms with Crippen LogP contribution in [0.2, 0.25) is 0 Å². The summed E-state index contributed by atoms with van der Waals surface area (Å²) in [5.41, 5.74) is 2.05. The van der Waals surface area contributed by atoms with E-state index in [-0.39, 0.29) is 5.91 Å². The maximum atomic E-state index is 12.2. The molecule has 1 N–H and O–H groups in total. The van der Waals surface area contributed by atoms with Gasteiger partial charge >= 0.3 is 0 Å². The van der Waals surface area contributed by atoms with Crippen molar-refractivity contribution in [1.82, 2.24) is 0 Å². The zero-order valence-corrected chi connectivity index (χ0v) is 13.0. The molecule has 0 saturated carbocycles. The molecule has 100 valence electrons. The van der Waals surface area contributed by atoms with Gasteiger partial charge in [0.2, 0.25) is 0 Å². The Balaban J connectivity index is 2.15. The maximum absolute atomic E-state index is 12.2. The maximum Gasteiger partial charge on any atom is 0.265 e. The summed E-state index contributed by atoms with van der Waals surface area (Å²) in [5, 5.41) is 2.96. The quantitative estimate of drug-likeness (QED) is 0.835. The van der Waals surface area contributed by atoms with Gasteiger partial charge in [-0.25, -0.2) is 0 Å². The second-order valence-electron chi connectivity index (χ2n) is 4.26. The van der Waals surface area contributed by atoms with Gasteiger partial charge in [0.15, 0.2) is 0 Å². The van der Waals surface area contributed by atoms with E-state index in [1.54, 1.807) is 23.1 Å². The zero-order valence-electron chi connectivity index (χ0n) is 11.3. The smallest absolute Gasteiger partial charge is 0.265 e. The molecular formula is C15H17NOS2. The minimum Gasteiger partial charge on any atom is -0.321 e. The first-order valence-corrected chi connectivity index (χ1v) is 8.23. The van der Waals surface area contributed by atoms with Crippen LogP contribution in [0.25, 0.3) is 0 Å². The van der Waals surface area contributed by atoms with Gasteiger partial charge in [-0.2, -0.15) is 0 Å². The van der Waals surface area contributed by atoms with Gasteiger partial charge < -0.3 is 5.32 Å². The lowest BCUT2D eigenvalue weighted by Gasteiger charge is -2.04. The molecule has 0 saturated heterocycles. The van der Waals surface area contributed by atoms with Crippen molar-refractivity contribution < 1.29 is 4.79 Å². The number of thiophene rings is 1. The monoisotopic (exact) mass is 291 g/mol. The van der Waals surface area contributed by atoms with Gasteiger partial charge in [0.05, 0.1) is 4.88 Å². The lowest BCUT2D eigenvalue weighted by atomic mass is 10.2. The van der Waals surface area contributed by atoms with E-state index in [2.05, 4.69) is 19.2 Å². The van der Waals surface area contributed by atoms with Gasteiger partial charge in [0, 0.05) is 15.5 Å². The van der Waals surface area contributed by atoms with E-state index < -0.39 is 0 Å². The summed E-state index contributed by atoms with van der Waals surface area (Å²) in [5.74, 6) is -0.0222. The highest BCUT2D eigenvalue weighted by atomic mass is 32.2. The van der Waals surface area contributed by atoms with E-state index in [9.17, 15) is 4.79 Å². The second kappa shape index (κ2) is 6.26. The standard InChI is InChI=1S/C15H17NOS2/c1-4-13-10(2)8-14(19-13)15(17)16-11-6-5-7-12(9-11)18-3/h5-9H,4H2,1-3H3,(H,16,17). The summed E-state index contributed by atoms with van der Waals surface area (Å²) in [6.45, 7) is 4.17. The van der Waals surface area contributed by atoms with Crippen LogP contribution >= 0.6 is 23.1 Å². The third-order valence-electron chi connectivity index (χ3n) is 2.89. The highest BCUT2D eigenvalue weighted by Crippen LogP contribution is 2.24. The number of thioether (sulfide) groups is 1. The van der Waals surface area contributed by atoms with Crippen molar-refractivity contribution >= 4 is 34.7 Å². The fraction of sp³-hybridized carbons (Fsp3) is 0.267. The Morgan fingerprint density at radius 2 is 2.16 bits per heavy atom. The van der Waals surface area contributed by atoms with Crippen LogP contribution in [0.4, 0.5) is 5.69 Å². The molecule has 2 rings (SSSR count). The molecule has 0 fully saturated rings. The minimum atomic E-state index is -0.0222. The first-order valence-electron chi connectivity index (χ1n) is 6.18. The number of carbonyl (C=O) groups is 1. The van der Waals surface area contributed by atoms with Crippen molar-refractivity contribution in [3.8, 4) is 0 Å². The Kier molecular flexibility index (Phi) is 4.66. The molecular weight excluding hydrogens is 274 g/mol. The molecule has 0 unspecified atom stereocenters. The molecule has 0 radical (unpaired) electrons. The van der Waals surface area contributed by atoms with Gasteiger partial charge in [-0.1, -0.05) is 13.0 Å². The normalized spacial score (nSPS) is 10.5. The number of carbonyl (C=O) groups excluding carboxylic acids is 1. The third-order valence-corrected chi connectivity index (χ3v) is 5.00. The van der Waals surface area contributed by atoms with E-state index in [0.29, 0.717) is 0 Å². The molecule has 1 aromatic heterocycles. The fourth-order valence-electron chi connectivity index (χ4n) is 1.88. The second-order valence-corrected chi connectivity index (χ2v) is 6.27. The molecule has 1 amide bonds. The SMILES string of the molecule is CCc1sc(C(=O)Nc2cccc(SC)c2)cc1C. The van der Waals surface area contributed by atoms with Crippen LogP contribution in [-0.4, -0.2) is 12.2 Å². The fourth-order valence-corrected chi connectivity index (χ4v) is 3.34. The topological polar surface area (TPSA) is 29.1 Å². The zero-order chi connectivity index (χ0) is 13.8. The van der Waals surface area contributed by atoms with E-state index in [4.69, 9.17) is 0 Å². The van der Waals surface area contributed by atoms with Crippen molar-refractivity contribution in [3.05, 3.63) is 45.6 Å². The van der Waals surface area contributed by atoms with Crippen LogP contribution in [0.3, 0.4) is 0 Å². The Morgan fingerprint density at radius 1 is 1.37 bits per heavy atom. The predicted molar refractivity (Wildman–Crippen MR) is 84.6 cm³/mol. The molecule has 1 aromatic carbocycles. The summed E-state index contributed by atoms with van der Waals surface area (Å²) in [6, 6.07) is 9.86. The van der Waals surface area contributed by atoms with E-state index >= 15 is 0 Å². The van der Waals surface area contributed by atoms with Crippen molar-refractivity contribution in [2.45, 2.75) is 25.2 Å². The van der Waals surface area contributed by atoms with E-state index in [1.807, 2.05) is 36.6 Å². The molecule has 0 aliphatic rings. The molecule has 2 nitrogen and oxygen atoms in total. The Labute approximate surface area is 122 Å². The van der Waals surface area contributed by atoms with Crippen molar-refractivity contribution in [2.75, 3.05) is 11.6 Å². The summed E-state index contributed by atoms with van der Waals surface area (Å²) < 4.78 is 0. The molecule has 0 spiro atoms. The lowest BCUT2D eigenvalue weighted by molar-refractivity contribution is 0.103. The number of hydrogen-bond acceptors (Lipinski definition) is 3. The van der Waals surface area contributed by atoms with Gasteiger partial charge in [0.1, 0.15) is 0 Å². The molecule has 19 heavy (non-hydrogen) atoms. The first-order chi connectivity index (χ1) is 9.13. The highest BCUT2D eigenvalue weighted by Gasteiger charge is 2.11. The van der Waals surface area contributed by atoms with Gasteiger partial charge in [0.25, 0.3) is 5.91 Å². The first kappa shape index (κ1) is 14.2. The van der Waals surface area contributed by atoms with Crippen LogP contribution in [0, 0.1) is 6.92 Å². The summed E-state index contributed by atoms with van der Waals surface area (Å²) >= 11 is 3.25. The van der Waals surface area contributed by atoms with Crippen LogP contribution in [-0.2, 0) is 6.42 Å². The Hall–Kier alpha value is -1.26. The molecule has 0 bridgehead atoms. The van der Waals surface area contributed by atoms with Crippen molar-refractivity contribution in [3.63, 3.8) is 0 Å². The predicted octanol–water partition coefficient (Wildman–Crippen LogP) is 4.59. The number of rotatable bonds is 4. The van der Waals surface area contributed by atoms with Crippen LogP contribution in [0.1, 0.15) is 27.0 Å². The van der Waals surface area contributed by atoms with Gasteiger partial charge in [-0.3, -0.25) is 4.79 Å². The number of amides is 1. The molecule has 0 aliphatic carbocycles. The molecule has 0 atom stereocenters. The van der Waals surface area contributed by atoms with Crippen LogP contribution < -0.4 is 5.32 Å². The lowest BCUT2D eigenvalue weighted by Crippen LogP contribution is -2.09. The number of anilines is 1.